The Hall–Kier alpha value is -3.66. The fourth-order valence-electron chi connectivity index (χ4n) is 5.04. The van der Waals surface area contributed by atoms with Crippen molar-refractivity contribution in [1.82, 2.24) is 0 Å². The maximum Gasteiger partial charge on any atom is 0.509 e. The number of carbonyl (C=O) groups excluding carboxylic acids is 1. The number of hydrogen-bond acceptors (Lipinski definition) is 8. The molecule has 8 heteroatoms. The first-order valence-corrected chi connectivity index (χ1v) is 16.4. The molecule has 5 atom stereocenters. The normalized spacial score (nSPS) is 21.4. The van der Waals surface area contributed by atoms with Crippen molar-refractivity contribution in [1.29, 1.82) is 0 Å². The van der Waals surface area contributed by atoms with Crippen molar-refractivity contribution in [3.05, 3.63) is 138 Å². The van der Waals surface area contributed by atoms with E-state index >= 15 is 0 Å². The van der Waals surface area contributed by atoms with Gasteiger partial charge in [-0.25, -0.2) is 4.79 Å². The van der Waals surface area contributed by atoms with Gasteiger partial charge in [0, 0.05) is 4.90 Å². The Morgan fingerprint density at radius 1 is 0.652 bits per heavy atom. The van der Waals surface area contributed by atoms with Gasteiger partial charge in [-0.1, -0.05) is 121 Å². The maximum atomic E-state index is 13.3. The zero-order chi connectivity index (χ0) is 32.2. The quantitative estimate of drug-likeness (QED) is 0.135. The molecule has 5 rings (SSSR count). The van der Waals surface area contributed by atoms with Crippen molar-refractivity contribution >= 4 is 17.9 Å². The highest BCUT2D eigenvalue weighted by Crippen LogP contribution is 2.38. The molecule has 46 heavy (non-hydrogen) atoms. The second-order valence-corrected chi connectivity index (χ2v) is 13.2. The minimum Gasteiger partial charge on any atom is -0.429 e. The van der Waals surface area contributed by atoms with Crippen LogP contribution in [-0.2, 0) is 48.2 Å². The van der Waals surface area contributed by atoms with Gasteiger partial charge in [0.25, 0.3) is 0 Å². The van der Waals surface area contributed by atoms with E-state index in [1.807, 2.05) is 121 Å². The van der Waals surface area contributed by atoms with Crippen LogP contribution in [0.15, 0.2) is 126 Å². The highest BCUT2D eigenvalue weighted by Gasteiger charge is 2.50. The van der Waals surface area contributed by atoms with Crippen LogP contribution in [0.3, 0.4) is 0 Å². The van der Waals surface area contributed by atoms with Gasteiger partial charge in [-0.2, -0.15) is 0 Å². The van der Waals surface area contributed by atoms with Crippen LogP contribution >= 0.6 is 11.8 Å². The highest BCUT2D eigenvalue weighted by molar-refractivity contribution is 7.99. The Bertz CT molecular complexity index is 1450. The lowest BCUT2D eigenvalue weighted by atomic mass is 9.99. The summed E-state index contributed by atoms with van der Waals surface area (Å²) in [5.74, 6) is 0. The maximum absolute atomic E-state index is 13.3. The third-order valence-corrected chi connectivity index (χ3v) is 8.33. The van der Waals surface area contributed by atoms with E-state index in [2.05, 4.69) is 0 Å². The molecule has 0 unspecified atom stereocenters. The molecule has 0 saturated carbocycles. The van der Waals surface area contributed by atoms with Crippen LogP contribution < -0.4 is 0 Å². The molecule has 0 aromatic heterocycles. The predicted octanol–water partition coefficient (Wildman–Crippen LogP) is 8.21. The van der Waals surface area contributed by atoms with E-state index in [0.29, 0.717) is 6.61 Å². The number of carbonyl (C=O) groups is 1. The molecular formula is C38H42O7S. The minimum absolute atomic E-state index is 0.208. The Morgan fingerprint density at radius 3 is 1.65 bits per heavy atom. The lowest BCUT2D eigenvalue weighted by Crippen LogP contribution is -2.61. The van der Waals surface area contributed by atoms with E-state index in [-0.39, 0.29) is 19.8 Å². The third-order valence-electron chi connectivity index (χ3n) is 7.17. The Labute approximate surface area is 276 Å². The van der Waals surface area contributed by atoms with Gasteiger partial charge in [0.05, 0.1) is 26.4 Å². The molecule has 1 heterocycles. The van der Waals surface area contributed by atoms with Gasteiger partial charge in [-0.3, -0.25) is 0 Å². The standard InChI is InChI=1S/C38H42O7S/c1-38(2,3)45-37(39)44-34-33(41-25-29-18-10-5-11-19-29)32(27-40-24-28-16-8-4-9-17-28)43-36(46-31-22-14-7-15-23-31)35(34)42-26-30-20-12-6-13-21-30/h4-23,32-36H,24-27H2,1-3H3/t32-,33-,34-,35-,36+/m1/s1. The molecule has 4 aromatic carbocycles. The minimum atomic E-state index is -0.873. The van der Waals surface area contributed by atoms with Crippen LogP contribution in [0.1, 0.15) is 37.5 Å². The monoisotopic (exact) mass is 642 g/mol. The highest BCUT2D eigenvalue weighted by atomic mass is 32.2. The first-order valence-electron chi connectivity index (χ1n) is 15.5. The van der Waals surface area contributed by atoms with E-state index in [1.165, 1.54) is 11.8 Å². The van der Waals surface area contributed by atoms with Gasteiger partial charge in [0.1, 0.15) is 29.3 Å². The lowest BCUT2D eigenvalue weighted by molar-refractivity contribution is -0.244. The van der Waals surface area contributed by atoms with Gasteiger partial charge >= 0.3 is 6.16 Å². The second-order valence-electron chi connectivity index (χ2n) is 12.0. The van der Waals surface area contributed by atoms with Gasteiger partial charge < -0.3 is 28.4 Å². The van der Waals surface area contributed by atoms with Crippen molar-refractivity contribution < 1.29 is 33.2 Å². The summed E-state index contributed by atoms with van der Waals surface area (Å²) < 4.78 is 38.0. The molecule has 1 fully saturated rings. The average molecular weight is 643 g/mol. The van der Waals surface area contributed by atoms with Crippen molar-refractivity contribution in [3.63, 3.8) is 0 Å². The zero-order valence-corrected chi connectivity index (χ0v) is 27.3. The molecule has 4 aromatic rings. The largest absolute Gasteiger partial charge is 0.509 e. The van der Waals surface area contributed by atoms with Gasteiger partial charge in [-0.15, -0.1) is 0 Å². The summed E-state index contributed by atoms with van der Waals surface area (Å²) in [7, 11) is 0. The lowest BCUT2D eigenvalue weighted by Gasteiger charge is -2.45. The summed E-state index contributed by atoms with van der Waals surface area (Å²) in [6.45, 7) is 6.58. The van der Waals surface area contributed by atoms with Crippen LogP contribution in [0.25, 0.3) is 0 Å². The van der Waals surface area contributed by atoms with E-state index in [4.69, 9.17) is 28.4 Å². The molecule has 1 aliphatic rings. The summed E-state index contributed by atoms with van der Waals surface area (Å²) in [6.07, 6.45) is -3.69. The Kier molecular flexibility index (Phi) is 12.3. The van der Waals surface area contributed by atoms with Crippen LogP contribution in [0.2, 0.25) is 0 Å². The fraction of sp³-hybridized carbons (Fsp3) is 0.342. The average Bonchev–Trinajstić information content (AvgIpc) is 3.05. The predicted molar refractivity (Wildman–Crippen MR) is 178 cm³/mol. The Morgan fingerprint density at radius 2 is 1.13 bits per heavy atom. The van der Waals surface area contributed by atoms with E-state index in [9.17, 15) is 4.79 Å². The van der Waals surface area contributed by atoms with Crippen molar-refractivity contribution in [3.8, 4) is 0 Å². The topological polar surface area (TPSA) is 72.5 Å². The van der Waals surface area contributed by atoms with E-state index in [0.717, 1.165) is 21.6 Å². The smallest absolute Gasteiger partial charge is 0.429 e. The summed E-state index contributed by atoms with van der Waals surface area (Å²) in [5.41, 5.74) is 1.70. The molecule has 0 bridgehead atoms. The number of benzene rings is 4. The molecular weight excluding hydrogens is 600 g/mol. The Balaban J connectivity index is 1.47. The summed E-state index contributed by atoms with van der Waals surface area (Å²) >= 11 is 1.51. The molecule has 0 aliphatic carbocycles. The van der Waals surface area contributed by atoms with Crippen molar-refractivity contribution in [2.75, 3.05) is 6.61 Å². The molecule has 0 spiro atoms. The van der Waals surface area contributed by atoms with Crippen molar-refractivity contribution in [2.24, 2.45) is 0 Å². The van der Waals surface area contributed by atoms with Gasteiger partial charge in [0.2, 0.25) is 0 Å². The molecule has 1 saturated heterocycles. The van der Waals surface area contributed by atoms with Crippen LogP contribution in [0.5, 0.6) is 0 Å². The third kappa shape index (κ3) is 10.4. The van der Waals surface area contributed by atoms with Crippen LogP contribution in [0.4, 0.5) is 4.79 Å². The fourth-order valence-corrected chi connectivity index (χ4v) is 6.19. The number of rotatable bonds is 13. The first-order chi connectivity index (χ1) is 22.3. The molecule has 0 radical (unpaired) electrons. The molecule has 242 valence electrons. The van der Waals surface area contributed by atoms with Crippen LogP contribution in [-0.4, -0.2) is 48.2 Å². The number of ether oxygens (including phenoxy) is 6. The van der Waals surface area contributed by atoms with E-state index < -0.39 is 41.6 Å². The molecule has 0 amide bonds. The zero-order valence-electron chi connectivity index (χ0n) is 26.5. The SMILES string of the molecule is CC(C)(C)OC(=O)O[C@H]1[C@@H](OCc2ccccc2)[C@H](Sc2ccccc2)O[C@H](COCc2ccccc2)[C@H]1OCc1ccccc1. The number of thioether (sulfide) groups is 1. The molecule has 1 aliphatic heterocycles. The van der Waals surface area contributed by atoms with Crippen LogP contribution in [0, 0.1) is 0 Å². The van der Waals surface area contributed by atoms with Gasteiger partial charge in [0.15, 0.2) is 6.10 Å². The summed E-state index contributed by atoms with van der Waals surface area (Å²) in [4.78, 5) is 14.3. The van der Waals surface area contributed by atoms with E-state index in [1.54, 1.807) is 20.8 Å². The molecule has 0 N–H and O–H groups in total. The summed E-state index contributed by atoms with van der Waals surface area (Å²) in [6, 6.07) is 39.7. The number of hydrogen-bond donors (Lipinski definition) is 0. The van der Waals surface area contributed by atoms with Crippen molar-refractivity contribution in [2.45, 2.75) is 80.9 Å². The molecule has 7 nitrogen and oxygen atoms in total. The van der Waals surface area contributed by atoms with Gasteiger partial charge in [-0.05, 0) is 49.6 Å². The first kappa shape index (κ1) is 33.7. The summed E-state index contributed by atoms with van der Waals surface area (Å²) in [5, 5.41) is 0. The second kappa shape index (κ2) is 16.8.